The van der Waals surface area contributed by atoms with Crippen molar-refractivity contribution in [2.75, 3.05) is 24.3 Å². The number of amides is 1. The van der Waals surface area contributed by atoms with E-state index in [9.17, 15) is 9.59 Å². The SMILES string of the molecule is CC(C)=CCC/C(C)=C/C(=O)Oc1ccc(C(=O)Nc2ccc(N(C)C)cc2)cc1. The number of hydrogen-bond acceptors (Lipinski definition) is 4. The van der Waals surface area contributed by atoms with E-state index in [1.165, 1.54) is 11.6 Å². The predicted octanol–water partition coefficient (Wildman–Crippen LogP) is 5.60. The Hall–Kier alpha value is -3.34. The number of carbonyl (C=O) groups excluding carboxylic acids is 2. The van der Waals surface area contributed by atoms with Gasteiger partial charge in [-0.05, 0) is 82.1 Å². The number of nitrogens with one attached hydrogen (secondary N) is 1. The number of rotatable bonds is 8. The molecule has 0 aliphatic carbocycles. The number of anilines is 2. The largest absolute Gasteiger partial charge is 0.423 e. The van der Waals surface area contributed by atoms with Gasteiger partial charge in [-0.1, -0.05) is 17.2 Å². The lowest BCUT2D eigenvalue weighted by molar-refractivity contribution is -0.129. The Morgan fingerprint density at radius 3 is 2.17 bits per heavy atom. The molecule has 2 aromatic carbocycles. The molecule has 0 aromatic heterocycles. The van der Waals surface area contributed by atoms with E-state index in [1.54, 1.807) is 24.3 Å². The van der Waals surface area contributed by atoms with Crippen LogP contribution in [0.25, 0.3) is 0 Å². The molecule has 5 heteroatoms. The Bertz CT molecular complexity index is 920. The van der Waals surface area contributed by atoms with E-state index in [4.69, 9.17) is 4.74 Å². The van der Waals surface area contributed by atoms with E-state index in [1.807, 2.05) is 50.2 Å². The van der Waals surface area contributed by atoms with Crippen LogP contribution in [0.5, 0.6) is 5.75 Å². The normalized spacial score (nSPS) is 10.9. The van der Waals surface area contributed by atoms with Gasteiger partial charge in [-0.15, -0.1) is 0 Å². The highest BCUT2D eigenvalue weighted by molar-refractivity contribution is 6.04. The summed E-state index contributed by atoms with van der Waals surface area (Å²) in [7, 11) is 3.92. The minimum Gasteiger partial charge on any atom is -0.423 e. The Labute approximate surface area is 179 Å². The number of esters is 1. The first-order valence-electron chi connectivity index (χ1n) is 9.96. The predicted molar refractivity (Wildman–Crippen MR) is 123 cm³/mol. The van der Waals surface area contributed by atoms with Gasteiger partial charge in [0, 0.05) is 37.1 Å². The molecule has 0 spiro atoms. The molecule has 0 unspecified atom stereocenters. The van der Waals surface area contributed by atoms with Crippen LogP contribution < -0.4 is 15.0 Å². The van der Waals surface area contributed by atoms with Crippen molar-refractivity contribution >= 4 is 23.3 Å². The molecule has 2 aromatic rings. The molecule has 30 heavy (non-hydrogen) atoms. The molecule has 2 rings (SSSR count). The molecule has 0 heterocycles. The van der Waals surface area contributed by atoms with Crippen LogP contribution in [0.4, 0.5) is 11.4 Å². The van der Waals surface area contributed by atoms with Gasteiger partial charge in [0.25, 0.3) is 5.91 Å². The summed E-state index contributed by atoms with van der Waals surface area (Å²) in [4.78, 5) is 26.5. The van der Waals surface area contributed by atoms with E-state index in [-0.39, 0.29) is 5.91 Å². The number of nitrogens with zero attached hydrogens (tertiary/aromatic N) is 1. The van der Waals surface area contributed by atoms with Gasteiger partial charge in [0.2, 0.25) is 0 Å². The Balaban J connectivity index is 1.91. The number of hydrogen-bond donors (Lipinski definition) is 1. The lowest BCUT2D eigenvalue weighted by atomic mass is 10.1. The van der Waals surface area contributed by atoms with Crippen molar-refractivity contribution in [1.82, 2.24) is 0 Å². The molecule has 0 fully saturated rings. The lowest BCUT2D eigenvalue weighted by Crippen LogP contribution is -2.12. The molecule has 1 N–H and O–H groups in total. The van der Waals surface area contributed by atoms with Crippen molar-refractivity contribution in [2.24, 2.45) is 0 Å². The van der Waals surface area contributed by atoms with Crippen molar-refractivity contribution in [3.05, 3.63) is 77.4 Å². The summed E-state index contributed by atoms with van der Waals surface area (Å²) >= 11 is 0. The summed E-state index contributed by atoms with van der Waals surface area (Å²) < 4.78 is 5.33. The fraction of sp³-hybridized carbons (Fsp3) is 0.280. The molecule has 1 amide bonds. The van der Waals surface area contributed by atoms with Crippen LogP contribution in [0.15, 0.2) is 71.8 Å². The zero-order valence-electron chi connectivity index (χ0n) is 18.4. The Morgan fingerprint density at radius 1 is 0.967 bits per heavy atom. The van der Waals surface area contributed by atoms with Crippen molar-refractivity contribution in [3.8, 4) is 5.75 Å². The van der Waals surface area contributed by atoms with Gasteiger partial charge < -0.3 is 15.0 Å². The van der Waals surface area contributed by atoms with Gasteiger partial charge in [0.1, 0.15) is 5.75 Å². The summed E-state index contributed by atoms with van der Waals surface area (Å²) in [5.41, 5.74) is 4.49. The highest BCUT2D eigenvalue weighted by Gasteiger charge is 2.08. The van der Waals surface area contributed by atoms with Crippen molar-refractivity contribution in [2.45, 2.75) is 33.6 Å². The van der Waals surface area contributed by atoms with E-state index in [2.05, 4.69) is 25.2 Å². The maximum atomic E-state index is 12.4. The highest BCUT2D eigenvalue weighted by atomic mass is 16.5. The van der Waals surface area contributed by atoms with E-state index < -0.39 is 5.97 Å². The average molecular weight is 407 g/mol. The van der Waals surface area contributed by atoms with Gasteiger partial charge in [-0.3, -0.25) is 4.79 Å². The molecular weight excluding hydrogens is 376 g/mol. The maximum Gasteiger partial charge on any atom is 0.336 e. The maximum absolute atomic E-state index is 12.4. The van der Waals surface area contributed by atoms with Crippen LogP contribution in [0.1, 0.15) is 44.0 Å². The first-order valence-corrected chi connectivity index (χ1v) is 9.96. The van der Waals surface area contributed by atoms with E-state index in [0.29, 0.717) is 11.3 Å². The van der Waals surface area contributed by atoms with Crippen LogP contribution in [0, 0.1) is 0 Å². The smallest absolute Gasteiger partial charge is 0.336 e. The van der Waals surface area contributed by atoms with Crippen LogP contribution in [-0.4, -0.2) is 26.0 Å². The highest BCUT2D eigenvalue weighted by Crippen LogP contribution is 2.18. The molecule has 0 radical (unpaired) electrons. The van der Waals surface area contributed by atoms with Gasteiger partial charge in [0.05, 0.1) is 0 Å². The molecule has 5 nitrogen and oxygen atoms in total. The average Bonchev–Trinajstić information content (AvgIpc) is 2.68. The van der Waals surface area contributed by atoms with Gasteiger partial charge >= 0.3 is 5.97 Å². The number of carbonyl (C=O) groups is 2. The second-order valence-electron chi connectivity index (χ2n) is 7.65. The second kappa shape index (κ2) is 11.0. The molecule has 0 saturated heterocycles. The van der Waals surface area contributed by atoms with Crippen molar-refractivity contribution in [3.63, 3.8) is 0 Å². The Morgan fingerprint density at radius 2 is 1.60 bits per heavy atom. The fourth-order valence-corrected chi connectivity index (χ4v) is 2.73. The van der Waals surface area contributed by atoms with Gasteiger partial charge in [0.15, 0.2) is 0 Å². The lowest BCUT2D eigenvalue weighted by Gasteiger charge is -2.13. The third kappa shape index (κ3) is 7.59. The van der Waals surface area contributed by atoms with Crippen LogP contribution >= 0.6 is 0 Å². The first kappa shape index (κ1) is 22.9. The van der Waals surface area contributed by atoms with Crippen LogP contribution in [0.3, 0.4) is 0 Å². The summed E-state index contributed by atoms with van der Waals surface area (Å²) in [6.45, 7) is 6.02. The number of benzene rings is 2. The zero-order valence-corrected chi connectivity index (χ0v) is 18.4. The number of allylic oxidation sites excluding steroid dienone is 3. The third-order valence-electron chi connectivity index (χ3n) is 4.43. The van der Waals surface area contributed by atoms with Crippen LogP contribution in [0.2, 0.25) is 0 Å². The Kier molecular flexibility index (Phi) is 8.41. The molecular formula is C25H30N2O3. The van der Waals surface area contributed by atoms with Crippen LogP contribution in [-0.2, 0) is 4.79 Å². The molecule has 0 atom stereocenters. The van der Waals surface area contributed by atoms with Crippen molar-refractivity contribution < 1.29 is 14.3 Å². The van der Waals surface area contributed by atoms with E-state index >= 15 is 0 Å². The van der Waals surface area contributed by atoms with Crippen molar-refractivity contribution in [1.29, 1.82) is 0 Å². The first-order chi connectivity index (χ1) is 14.2. The fourth-order valence-electron chi connectivity index (χ4n) is 2.73. The minimum atomic E-state index is -0.414. The summed E-state index contributed by atoms with van der Waals surface area (Å²) in [6.07, 6.45) is 5.37. The van der Waals surface area contributed by atoms with Gasteiger partial charge in [-0.25, -0.2) is 4.79 Å². The monoisotopic (exact) mass is 406 g/mol. The second-order valence-corrected chi connectivity index (χ2v) is 7.65. The summed E-state index contributed by atoms with van der Waals surface area (Å²) in [6, 6.07) is 14.1. The van der Waals surface area contributed by atoms with Gasteiger partial charge in [-0.2, -0.15) is 0 Å². The number of ether oxygens (including phenoxy) is 1. The summed E-state index contributed by atoms with van der Waals surface area (Å²) in [5, 5.41) is 2.86. The van der Waals surface area contributed by atoms with E-state index in [0.717, 1.165) is 29.8 Å². The zero-order chi connectivity index (χ0) is 22.1. The summed E-state index contributed by atoms with van der Waals surface area (Å²) in [5.74, 6) is -0.233. The third-order valence-corrected chi connectivity index (χ3v) is 4.43. The topological polar surface area (TPSA) is 58.6 Å². The molecule has 0 bridgehead atoms. The standard InChI is InChI=1S/C25H30N2O3/c1-18(2)7-6-8-19(3)17-24(28)30-23-15-9-20(10-16-23)25(29)26-21-11-13-22(14-12-21)27(4)5/h7,9-17H,6,8H2,1-5H3,(H,26,29)/b19-17+. The molecule has 0 aliphatic rings. The molecule has 0 aliphatic heterocycles. The molecule has 158 valence electrons. The minimum absolute atomic E-state index is 0.222. The quantitative estimate of drug-likeness (QED) is 0.268. The molecule has 0 saturated carbocycles.